The highest BCUT2D eigenvalue weighted by Crippen LogP contribution is 2.25. The maximum Gasteiger partial charge on any atom is 0.232 e. The van der Waals surface area contributed by atoms with Crippen LogP contribution in [0.4, 0.5) is 11.8 Å². The van der Waals surface area contributed by atoms with Crippen LogP contribution in [0.25, 0.3) is 0 Å². The molecular formula is C15H24ClN5OS. The summed E-state index contributed by atoms with van der Waals surface area (Å²) in [5, 5.41) is 7.00. The summed E-state index contributed by atoms with van der Waals surface area (Å²) in [6.45, 7) is 4.63. The quantitative estimate of drug-likeness (QED) is 0.461. The molecular weight excluding hydrogens is 334 g/mol. The molecule has 8 heteroatoms. The number of hydrogen-bond acceptors (Lipinski definition) is 5. The highest BCUT2D eigenvalue weighted by molar-refractivity contribution is 7.80. The topological polar surface area (TPSA) is 62.3 Å². The molecule has 0 bridgehead atoms. The fourth-order valence-corrected chi connectivity index (χ4v) is 2.98. The van der Waals surface area contributed by atoms with Gasteiger partial charge in [0.15, 0.2) is 5.11 Å². The minimum atomic E-state index is 0.414. The Balaban J connectivity index is 1.98. The molecule has 1 atom stereocenters. The van der Waals surface area contributed by atoms with Gasteiger partial charge >= 0.3 is 0 Å². The van der Waals surface area contributed by atoms with E-state index in [0.29, 0.717) is 28.9 Å². The molecule has 1 aliphatic heterocycles. The second-order valence-electron chi connectivity index (χ2n) is 5.64. The molecule has 128 valence electrons. The van der Waals surface area contributed by atoms with Gasteiger partial charge < -0.3 is 20.3 Å². The van der Waals surface area contributed by atoms with Crippen molar-refractivity contribution < 1.29 is 4.74 Å². The third-order valence-corrected chi connectivity index (χ3v) is 4.25. The van der Waals surface area contributed by atoms with Crippen LogP contribution in [0.15, 0.2) is 6.07 Å². The van der Waals surface area contributed by atoms with E-state index in [4.69, 9.17) is 28.6 Å². The van der Waals surface area contributed by atoms with Gasteiger partial charge in [0.25, 0.3) is 0 Å². The lowest BCUT2D eigenvalue weighted by Crippen LogP contribution is -2.38. The summed E-state index contributed by atoms with van der Waals surface area (Å²) in [5.41, 5.74) is 0. The fraction of sp³-hybridized carbons (Fsp3) is 0.667. The zero-order chi connectivity index (χ0) is 16.7. The number of rotatable bonds is 6. The molecule has 2 heterocycles. The van der Waals surface area contributed by atoms with Crippen LogP contribution in [-0.4, -0.2) is 47.9 Å². The Labute approximate surface area is 148 Å². The lowest BCUT2D eigenvalue weighted by molar-refractivity contribution is 0.196. The molecule has 1 aliphatic rings. The van der Waals surface area contributed by atoms with E-state index in [1.165, 1.54) is 19.3 Å². The molecule has 23 heavy (non-hydrogen) atoms. The van der Waals surface area contributed by atoms with Crippen molar-refractivity contribution in [2.24, 2.45) is 0 Å². The van der Waals surface area contributed by atoms with Crippen molar-refractivity contribution in [1.82, 2.24) is 15.3 Å². The first kappa shape index (κ1) is 18.2. The van der Waals surface area contributed by atoms with E-state index in [-0.39, 0.29) is 0 Å². The van der Waals surface area contributed by atoms with Gasteiger partial charge in [-0.1, -0.05) is 11.6 Å². The summed E-state index contributed by atoms with van der Waals surface area (Å²) < 4.78 is 5.00. The van der Waals surface area contributed by atoms with E-state index in [9.17, 15) is 0 Å². The fourth-order valence-electron chi connectivity index (χ4n) is 2.61. The Morgan fingerprint density at radius 3 is 3.04 bits per heavy atom. The van der Waals surface area contributed by atoms with Crippen LogP contribution in [0.2, 0.25) is 5.15 Å². The number of anilines is 2. The molecule has 0 aromatic carbocycles. The first-order chi connectivity index (χ1) is 11.1. The largest absolute Gasteiger partial charge is 0.385 e. The predicted octanol–water partition coefficient (Wildman–Crippen LogP) is 2.83. The average Bonchev–Trinajstić information content (AvgIpc) is 2.51. The molecule has 0 radical (unpaired) electrons. The molecule has 0 amide bonds. The zero-order valence-electron chi connectivity index (χ0n) is 13.6. The second-order valence-corrected chi connectivity index (χ2v) is 6.43. The highest BCUT2D eigenvalue weighted by atomic mass is 35.5. The van der Waals surface area contributed by atoms with E-state index in [1.807, 2.05) is 6.07 Å². The van der Waals surface area contributed by atoms with E-state index in [1.54, 1.807) is 7.11 Å². The number of thiocarbonyl (C=S) groups is 1. The van der Waals surface area contributed by atoms with Crippen molar-refractivity contribution in [3.05, 3.63) is 11.2 Å². The summed E-state index contributed by atoms with van der Waals surface area (Å²) in [7, 11) is 1.68. The van der Waals surface area contributed by atoms with Crippen LogP contribution >= 0.6 is 23.8 Å². The molecule has 1 fully saturated rings. The SMILES string of the molecule is COCCCNC(=S)Nc1nc(Cl)cc(N2CCCC[C@H]2C)n1. The molecule has 0 spiro atoms. The molecule has 1 aromatic heterocycles. The number of aromatic nitrogens is 2. The number of halogens is 1. The minimum absolute atomic E-state index is 0.414. The van der Waals surface area contributed by atoms with Crippen LogP contribution < -0.4 is 15.5 Å². The smallest absolute Gasteiger partial charge is 0.232 e. The minimum Gasteiger partial charge on any atom is -0.385 e. The molecule has 2 N–H and O–H groups in total. The number of methoxy groups -OCH3 is 1. The standard InChI is InChI=1S/C15H24ClN5OS/c1-11-6-3-4-8-21(11)13-10-12(16)18-14(19-13)20-15(23)17-7-5-9-22-2/h10-11H,3-9H2,1-2H3,(H2,17,18,19,20,23)/t11-/m1/s1. The second kappa shape index (κ2) is 9.20. The molecule has 1 saturated heterocycles. The molecule has 0 aliphatic carbocycles. The van der Waals surface area contributed by atoms with Crippen LogP contribution in [0.5, 0.6) is 0 Å². The van der Waals surface area contributed by atoms with Gasteiger partial charge in [-0.25, -0.2) is 4.98 Å². The van der Waals surface area contributed by atoms with Crippen LogP contribution in [0, 0.1) is 0 Å². The zero-order valence-corrected chi connectivity index (χ0v) is 15.2. The lowest BCUT2D eigenvalue weighted by Gasteiger charge is -2.34. The van der Waals surface area contributed by atoms with Gasteiger partial charge in [0.2, 0.25) is 5.95 Å². The normalized spacial score (nSPS) is 17.9. The monoisotopic (exact) mass is 357 g/mol. The predicted molar refractivity (Wildman–Crippen MR) is 98.4 cm³/mol. The number of ether oxygens (including phenoxy) is 1. The Morgan fingerprint density at radius 2 is 2.30 bits per heavy atom. The Bertz CT molecular complexity index is 531. The van der Waals surface area contributed by atoms with Crippen molar-refractivity contribution in [2.45, 2.75) is 38.6 Å². The van der Waals surface area contributed by atoms with E-state index >= 15 is 0 Å². The number of piperidine rings is 1. The van der Waals surface area contributed by atoms with E-state index in [2.05, 4.69) is 32.4 Å². The maximum atomic E-state index is 6.15. The summed E-state index contributed by atoms with van der Waals surface area (Å²) in [6, 6.07) is 2.27. The summed E-state index contributed by atoms with van der Waals surface area (Å²) in [4.78, 5) is 11.0. The van der Waals surface area contributed by atoms with Crippen molar-refractivity contribution in [1.29, 1.82) is 0 Å². The third-order valence-electron chi connectivity index (χ3n) is 3.81. The average molecular weight is 358 g/mol. The van der Waals surface area contributed by atoms with E-state index < -0.39 is 0 Å². The summed E-state index contributed by atoms with van der Waals surface area (Å²) in [6.07, 6.45) is 4.49. The highest BCUT2D eigenvalue weighted by Gasteiger charge is 2.20. The van der Waals surface area contributed by atoms with Gasteiger partial charge in [-0.05, 0) is 44.8 Å². The Hall–Kier alpha value is -1.18. The number of nitrogens with one attached hydrogen (secondary N) is 2. The maximum absolute atomic E-state index is 6.15. The van der Waals surface area contributed by atoms with Gasteiger partial charge in [0.1, 0.15) is 11.0 Å². The van der Waals surface area contributed by atoms with Crippen LogP contribution in [0.3, 0.4) is 0 Å². The van der Waals surface area contributed by atoms with Gasteiger partial charge in [0, 0.05) is 38.9 Å². The molecule has 6 nitrogen and oxygen atoms in total. The summed E-state index contributed by atoms with van der Waals surface area (Å²) in [5.74, 6) is 1.27. The van der Waals surface area contributed by atoms with Crippen LogP contribution in [0.1, 0.15) is 32.6 Å². The summed E-state index contributed by atoms with van der Waals surface area (Å²) >= 11 is 11.4. The van der Waals surface area contributed by atoms with Crippen molar-refractivity contribution in [3.63, 3.8) is 0 Å². The Morgan fingerprint density at radius 1 is 1.48 bits per heavy atom. The van der Waals surface area contributed by atoms with E-state index in [0.717, 1.165) is 25.3 Å². The first-order valence-electron chi connectivity index (χ1n) is 7.95. The molecule has 0 saturated carbocycles. The number of hydrogen-bond donors (Lipinski definition) is 2. The lowest BCUT2D eigenvalue weighted by atomic mass is 10.0. The Kier molecular flexibility index (Phi) is 7.26. The van der Waals surface area contributed by atoms with Gasteiger partial charge in [-0.2, -0.15) is 4.98 Å². The molecule has 2 rings (SSSR count). The van der Waals surface area contributed by atoms with Crippen LogP contribution in [-0.2, 0) is 4.74 Å². The van der Waals surface area contributed by atoms with Crippen molar-refractivity contribution in [3.8, 4) is 0 Å². The van der Waals surface area contributed by atoms with Gasteiger partial charge in [-0.3, -0.25) is 0 Å². The molecule has 0 unspecified atom stereocenters. The number of nitrogens with zero attached hydrogens (tertiary/aromatic N) is 3. The molecule has 1 aromatic rings. The first-order valence-corrected chi connectivity index (χ1v) is 8.74. The van der Waals surface area contributed by atoms with Crippen molar-refractivity contribution >= 4 is 40.7 Å². The van der Waals surface area contributed by atoms with Crippen molar-refractivity contribution in [2.75, 3.05) is 37.0 Å². The van der Waals surface area contributed by atoms with Gasteiger partial charge in [-0.15, -0.1) is 0 Å². The van der Waals surface area contributed by atoms with Gasteiger partial charge in [0.05, 0.1) is 0 Å². The third kappa shape index (κ3) is 5.75.